The zero-order valence-electron chi connectivity index (χ0n) is 22.3. The zero-order chi connectivity index (χ0) is 24.9. The summed E-state index contributed by atoms with van der Waals surface area (Å²) in [7, 11) is 0. The molecule has 1 saturated carbocycles. The third kappa shape index (κ3) is 7.24. The number of anilines is 1. The predicted octanol–water partition coefficient (Wildman–Crippen LogP) is 4.85. The molecule has 8 heteroatoms. The third-order valence-electron chi connectivity index (χ3n) is 6.71. The van der Waals surface area contributed by atoms with Gasteiger partial charge in [0.1, 0.15) is 5.75 Å². The van der Waals surface area contributed by atoms with Crippen LogP contribution in [0.15, 0.2) is 71.4 Å². The minimum atomic E-state index is -0.911. The van der Waals surface area contributed by atoms with Crippen LogP contribution in [0.4, 0.5) is 5.13 Å². The van der Waals surface area contributed by atoms with Crippen molar-refractivity contribution >= 4 is 33.8 Å². The van der Waals surface area contributed by atoms with E-state index in [1.54, 1.807) is 34.8 Å². The van der Waals surface area contributed by atoms with Crippen molar-refractivity contribution in [3.05, 3.63) is 87.4 Å². The summed E-state index contributed by atoms with van der Waals surface area (Å²) in [5.41, 5.74) is 3.06. The molecule has 0 unspecified atom stereocenters. The molecular weight excluding hydrogens is 511 g/mol. The van der Waals surface area contributed by atoms with Crippen LogP contribution < -0.4 is 39.2 Å². The molecule has 5 nitrogen and oxygen atoms in total. The van der Waals surface area contributed by atoms with Crippen molar-refractivity contribution < 1.29 is 45.6 Å². The Labute approximate surface area is 249 Å². The molecule has 0 spiro atoms. The van der Waals surface area contributed by atoms with Gasteiger partial charge in [-0.05, 0) is 78.9 Å². The van der Waals surface area contributed by atoms with E-state index in [9.17, 15) is 9.90 Å². The molecule has 0 aliphatic heterocycles. The van der Waals surface area contributed by atoms with E-state index in [2.05, 4.69) is 40.8 Å². The first-order valence-corrected chi connectivity index (χ1v) is 14.1. The summed E-state index contributed by atoms with van der Waals surface area (Å²) in [6, 6.07) is 19.5. The SMILES string of the molecule is CC1CCC(Oc2ccc(-c3csc(N(Cc4cccs4)Cc4ccccc4C(=O)O)n3)cc2)CC1.[H-].[Na+]. The molecular formula is C29H31N2NaO3S2. The molecule has 5 rings (SSSR count). The van der Waals surface area contributed by atoms with Crippen LogP contribution in [0.3, 0.4) is 0 Å². The Bertz CT molecular complexity index is 1290. The maximum absolute atomic E-state index is 11.8. The summed E-state index contributed by atoms with van der Waals surface area (Å²) in [5, 5.41) is 14.7. The Morgan fingerprint density at radius 1 is 1.03 bits per heavy atom. The summed E-state index contributed by atoms with van der Waals surface area (Å²) in [5.74, 6) is 0.813. The van der Waals surface area contributed by atoms with Gasteiger partial charge in [0.25, 0.3) is 0 Å². The van der Waals surface area contributed by atoms with Crippen LogP contribution in [0.5, 0.6) is 5.75 Å². The number of ether oxygens (including phenoxy) is 1. The van der Waals surface area contributed by atoms with Gasteiger partial charge in [0.2, 0.25) is 0 Å². The molecule has 1 aliphatic rings. The van der Waals surface area contributed by atoms with Gasteiger partial charge in [0.05, 0.1) is 23.9 Å². The maximum Gasteiger partial charge on any atom is 1.00 e. The number of rotatable bonds is 9. The standard InChI is InChI=1S/C29H30N2O3S2.Na.H/c1-20-8-12-23(13-9-20)34-24-14-10-21(11-15-24)27-19-36-29(30-27)31(18-25-6-4-16-35-25)17-22-5-2-3-7-26(22)28(32)33;;/h2-7,10-11,14-16,19-20,23H,8-9,12-13,17-18H2,1H3,(H,32,33);;/q;+1;-1. The third-order valence-corrected chi connectivity index (χ3v) is 8.48. The van der Waals surface area contributed by atoms with Gasteiger partial charge in [-0.1, -0.05) is 31.2 Å². The number of carboxylic acids is 1. The molecule has 0 amide bonds. The zero-order valence-corrected chi connectivity index (χ0v) is 24.9. The topological polar surface area (TPSA) is 62.7 Å². The van der Waals surface area contributed by atoms with Crippen LogP contribution in [0.1, 0.15) is 54.8 Å². The fraction of sp³-hybridized carbons (Fsp3) is 0.310. The average molecular weight is 543 g/mol. The molecule has 0 bridgehead atoms. The first-order chi connectivity index (χ1) is 17.5. The minimum Gasteiger partial charge on any atom is -1.00 e. The number of benzene rings is 2. The molecule has 1 aliphatic carbocycles. The number of hydrogen-bond donors (Lipinski definition) is 1. The molecule has 0 saturated heterocycles. The van der Waals surface area contributed by atoms with Crippen LogP contribution in [0, 0.1) is 5.92 Å². The van der Waals surface area contributed by atoms with E-state index in [-0.39, 0.29) is 31.0 Å². The Morgan fingerprint density at radius 2 is 1.78 bits per heavy atom. The molecule has 2 aromatic heterocycles. The van der Waals surface area contributed by atoms with Crippen molar-refractivity contribution in [1.29, 1.82) is 0 Å². The van der Waals surface area contributed by atoms with E-state index >= 15 is 0 Å². The number of nitrogens with zero attached hydrogens (tertiary/aromatic N) is 2. The van der Waals surface area contributed by atoms with Gasteiger partial charge in [-0.3, -0.25) is 0 Å². The monoisotopic (exact) mass is 542 g/mol. The Balaban J connectivity index is 0.00000200. The van der Waals surface area contributed by atoms with Gasteiger partial charge in [0, 0.05) is 22.4 Å². The van der Waals surface area contributed by atoms with Gasteiger partial charge in [-0.2, -0.15) is 0 Å². The number of aromatic carboxylic acids is 1. The summed E-state index contributed by atoms with van der Waals surface area (Å²) in [6.07, 6.45) is 5.05. The number of thiazole rings is 1. The fourth-order valence-electron chi connectivity index (χ4n) is 4.64. The predicted molar refractivity (Wildman–Crippen MR) is 148 cm³/mol. The summed E-state index contributed by atoms with van der Waals surface area (Å²) >= 11 is 3.27. The molecule has 1 N–H and O–H groups in total. The molecule has 0 atom stereocenters. The summed E-state index contributed by atoms with van der Waals surface area (Å²) in [4.78, 5) is 20.1. The second-order valence-electron chi connectivity index (χ2n) is 9.44. The second kappa shape index (κ2) is 13.1. The smallest absolute Gasteiger partial charge is 1.00 e. The van der Waals surface area contributed by atoms with Crippen LogP contribution >= 0.6 is 22.7 Å². The summed E-state index contributed by atoms with van der Waals surface area (Å²) < 4.78 is 6.22. The van der Waals surface area contributed by atoms with Crippen molar-refractivity contribution in [3.63, 3.8) is 0 Å². The minimum absolute atomic E-state index is 0. The molecule has 2 heterocycles. The molecule has 37 heavy (non-hydrogen) atoms. The maximum atomic E-state index is 11.8. The Morgan fingerprint density at radius 3 is 2.49 bits per heavy atom. The van der Waals surface area contributed by atoms with E-state index in [4.69, 9.17) is 9.72 Å². The van der Waals surface area contributed by atoms with Gasteiger partial charge in [-0.15, -0.1) is 22.7 Å². The first-order valence-electron chi connectivity index (χ1n) is 12.4. The van der Waals surface area contributed by atoms with E-state index in [0.717, 1.165) is 46.5 Å². The largest absolute Gasteiger partial charge is 1.00 e. The molecule has 1 fully saturated rings. The van der Waals surface area contributed by atoms with E-state index in [1.807, 2.05) is 30.3 Å². The molecule has 188 valence electrons. The van der Waals surface area contributed by atoms with Crippen molar-refractivity contribution in [3.8, 4) is 17.0 Å². The van der Waals surface area contributed by atoms with Crippen LogP contribution in [0.2, 0.25) is 0 Å². The van der Waals surface area contributed by atoms with Crippen LogP contribution in [-0.4, -0.2) is 22.2 Å². The van der Waals surface area contributed by atoms with E-state index < -0.39 is 5.97 Å². The van der Waals surface area contributed by atoms with E-state index in [1.165, 1.54) is 17.7 Å². The first kappa shape index (κ1) is 27.9. The van der Waals surface area contributed by atoms with E-state index in [0.29, 0.717) is 24.8 Å². The average Bonchev–Trinajstić information content (AvgIpc) is 3.58. The van der Waals surface area contributed by atoms with Gasteiger partial charge >= 0.3 is 35.5 Å². The Kier molecular flexibility index (Phi) is 9.84. The van der Waals surface area contributed by atoms with Gasteiger partial charge in [-0.25, -0.2) is 9.78 Å². The number of carboxylic acid groups (broad SMARTS) is 1. The van der Waals surface area contributed by atoms with Crippen LogP contribution in [-0.2, 0) is 13.1 Å². The quantitative estimate of drug-likeness (QED) is 0.307. The van der Waals surface area contributed by atoms with Crippen molar-refractivity contribution in [2.45, 2.75) is 51.8 Å². The molecule has 0 radical (unpaired) electrons. The number of thiophene rings is 1. The van der Waals surface area contributed by atoms with Gasteiger partial charge in [0.15, 0.2) is 5.13 Å². The Hall–Kier alpha value is -2.16. The normalized spacial score (nSPS) is 17.1. The van der Waals surface area contributed by atoms with Gasteiger partial charge < -0.3 is 16.2 Å². The number of hydrogen-bond acceptors (Lipinski definition) is 6. The van der Waals surface area contributed by atoms with Crippen molar-refractivity contribution in [1.82, 2.24) is 4.98 Å². The molecule has 2 aromatic carbocycles. The number of carbonyl (C=O) groups is 1. The number of aromatic nitrogens is 1. The fourth-order valence-corrected chi connectivity index (χ4v) is 6.19. The van der Waals surface area contributed by atoms with Crippen molar-refractivity contribution in [2.24, 2.45) is 5.92 Å². The second-order valence-corrected chi connectivity index (χ2v) is 11.3. The van der Waals surface area contributed by atoms with Crippen molar-refractivity contribution in [2.75, 3.05) is 4.90 Å². The summed E-state index contributed by atoms with van der Waals surface area (Å²) in [6.45, 7) is 3.46. The molecule has 4 aromatic rings. The van der Waals surface area contributed by atoms with Crippen LogP contribution in [0.25, 0.3) is 11.3 Å².